The highest BCUT2D eigenvalue weighted by molar-refractivity contribution is 7.15. The van der Waals surface area contributed by atoms with Crippen LogP contribution in [0.1, 0.15) is 45.2 Å². The van der Waals surface area contributed by atoms with Gasteiger partial charge in [0.25, 0.3) is 5.91 Å². The SMILES string of the molecule is CCc1ccc2oc3c(c(=O)c2c1)C(c1ccccc1F)N(c1nnc(C)s1)C3=O. The molecule has 150 valence electrons. The van der Waals surface area contributed by atoms with Gasteiger partial charge < -0.3 is 4.42 Å². The first-order valence-corrected chi connectivity index (χ1v) is 10.3. The lowest BCUT2D eigenvalue weighted by Gasteiger charge is -2.22. The van der Waals surface area contributed by atoms with Crippen molar-refractivity contribution in [1.82, 2.24) is 10.2 Å². The van der Waals surface area contributed by atoms with Crippen LogP contribution in [0.25, 0.3) is 11.0 Å². The Morgan fingerprint density at radius 2 is 1.97 bits per heavy atom. The van der Waals surface area contributed by atoms with Gasteiger partial charge in [-0.1, -0.05) is 42.5 Å². The molecule has 1 atom stereocenters. The molecule has 0 spiro atoms. The summed E-state index contributed by atoms with van der Waals surface area (Å²) in [6, 6.07) is 10.4. The number of fused-ring (bicyclic) bond motifs is 2. The van der Waals surface area contributed by atoms with Crippen LogP contribution in [0.15, 0.2) is 51.7 Å². The zero-order valence-corrected chi connectivity index (χ0v) is 17.0. The molecule has 1 aliphatic heterocycles. The molecule has 6 nitrogen and oxygen atoms in total. The monoisotopic (exact) mass is 421 g/mol. The molecule has 2 aromatic carbocycles. The maximum absolute atomic E-state index is 14.8. The van der Waals surface area contributed by atoms with Crippen molar-refractivity contribution >= 4 is 33.3 Å². The highest BCUT2D eigenvalue weighted by Crippen LogP contribution is 2.42. The van der Waals surface area contributed by atoms with Crippen LogP contribution < -0.4 is 10.3 Å². The van der Waals surface area contributed by atoms with Gasteiger partial charge in [0.15, 0.2) is 5.43 Å². The number of anilines is 1. The minimum atomic E-state index is -0.980. The second kappa shape index (κ2) is 6.84. The lowest BCUT2D eigenvalue weighted by Crippen LogP contribution is -2.30. The van der Waals surface area contributed by atoms with Gasteiger partial charge in [-0.05, 0) is 37.1 Å². The average Bonchev–Trinajstić information content (AvgIpc) is 3.29. The third-order valence-electron chi connectivity index (χ3n) is 5.26. The third-order valence-corrected chi connectivity index (χ3v) is 6.10. The van der Waals surface area contributed by atoms with Crippen molar-refractivity contribution in [2.24, 2.45) is 0 Å². The summed E-state index contributed by atoms with van der Waals surface area (Å²) in [6.45, 7) is 3.75. The molecule has 1 unspecified atom stereocenters. The van der Waals surface area contributed by atoms with Crippen LogP contribution in [0, 0.1) is 12.7 Å². The largest absolute Gasteiger partial charge is 0.450 e. The van der Waals surface area contributed by atoms with E-state index >= 15 is 0 Å². The lowest BCUT2D eigenvalue weighted by molar-refractivity contribution is 0.0970. The van der Waals surface area contributed by atoms with Gasteiger partial charge in [-0.3, -0.25) is 14.5 Å². The highest BCUT2D eigenvalue weighted by Gasteiger charge is 2.46. The van der Waals surface area contributed by atoms with Crippen molar-refractivity contribution in [2.75, 3.05) is 4.90 Å². The Morgan fingerprint density at radius 3 is 2.67 bits per heavy atom. The van der Waals surface area contributed by atoms with E-state index in [-0.39, 0.29) is 27.4 Å². The summed E-state index contributed by atoms with van der Waals surface area (Å²) in [6.07, 6.45) is 0.748. The smallest absolute Gasteiger partial charge is 0.297 e. The fourth-order valence-corrected chi connectivity index (χ4v) is 4.53. The second-order valence-electron chi connectivity index (χ2n) is 7.06. The van der Waals surface area contributed by atoms with Gasteiger partial charge in [0, 0.05) is 5.56 Å². The van der Waals surface area contributed by atoms with Crippen LogP contribution in [-0.2, 0) is 6.42 Å². The summed E-state index contributed by atoms with van der Waals surface area (Å²) in [4.78, 5) is 28.2. The molecule has 30 heavy (non-hydrogen) atoms. The number of aromatic nitrogens is 2. The van der Waals surface area contributed by atoms with Crippen molar-refractivity contribution in [1.29, 1.82) is 0 Å². The van der Waals surface area contributed by atoms with Crippen LogP contribution in [-0.4, -0.2) is 16.1 Å². The molecule has 3 heterocycles. The van der Waals surface area contributed by atoms with Crippen molar-refractivity contribution < 1.29 is 13.6 Å². The number of hydrogen-bond acceptors (Lipinski definition) is 6. The van der Waals surface area contributed by atoms with Crippen LogP contribution >= 0.6 is 11.3 Å². The van der Waals surface area contributed by atoms with Crippen molar-refractivity contribution in [2.45, 2.75) is 26.3 Å². The summed E-state index contributed by atoms with van der Waals surface area (Å²) in [5.74, 6) is -1.14. The molecule has 8 heteroatoms. The Bertz CT molecular complexity index is 1380. The molecule has 1 amide bonds. The Morgan fingerprint density at radius 1 is 1.17 bits per heavy atom. The van der Waals surface area contributed by atoms with E-state index in [4.69, 9.17) is 4.42 Å². The average molecular weight is 421 g/mol. The Kier molecular flexibility index (Phi) is 4.25. The van der Waals surface area contributed by atoms with Crippen molar-refractivity contribution in [3.63, 3.8) is 0 Å². The topological polar surface area (TPSA) is 76.3 Å². The Balaban J connectivity index is 1.84. The van der Waals surface area contributed by atoms with E-state index in [1.54, 1.807) is 37.3 Å². The van der Waals surface area contributed by atoms with E-state index in [0.29, 0.717) is 16.0 Å². The molecule has 0 fully saturated rings. The molecule has 0 radical (unpaired) electrons. The van der Waals surface area contributed by atoms with Gasteiger partial charge in [0.2, 0.25) is 10.9 Å². The van der Waals surface area contributed by atoms with Crippen LogP contribution in [0.4, 0.5) is 9.52 Å². The van der Waals surface area contributed by atoms with E-state index in [2.05, 4.69) is 10.2 Å². The highest BCUT2D eigenvalue weighted by atomic mass is 32.1. The van der Waals surface area contributed by atoms with Gasteiger partial charge in [-0.25, -0.2) is 4.39 Å². The first-order valence-electron chi connectivity index (χ1n) is 9.47. The van der Waals surface area contributed by atoms with Crippen LogP contribution in [0.2, 0.25) is 0 Å². The van der Waals surface area contributed by atoms with Gasteiger partial charge in [0.05, 0.1) is 10.9 Å². The van der Waals surface area contributed by atoms with Crippen LogP contribution in [0.5, 0.6) is 0 Å². The van der Waals surface area contributed by atoms with Gasteiger partial charge in [-0.2, -0.15) is 0 Å². The van der Waals surface area contributed by atoms with Crippen molar-refractivity contribution in [3.05, 3.63) is 86.0 Å². The number of aryl methyl sites for hydroxylation is 2. The fraction of sp³-hybridized carbons (Fsp3) is 0.182. The quantitative estimate of drug-likeness (QED) is 0.490. The first kappa shape index (κ1) is 18.6. The van der Waals surface area contributed by atoms with Gasteiger partial charge >= 0.3 is 0 Å². The summed E-state index contributed by atoms with van der Waals surface area (Å²) >= 11 is 1.20. The Labute approximate surface area is 174 Å². The zero-order chi connectivity index (χ0) is 21.0. The second-order valence-corrected chi connectivity index (χ2v) is 8.22. The molecule has 2 aromatic heterocycles. The van der Waals surface area contributed by atoms with E-state index in [9.17, 15) is 14.0 Å². The number of rotatable bonds is 3. The Hall–Kier alpha value is -3.39. The maximum Gasteiger partial charge on any atom is 0.297 e. The molecule has 0 aliphatic carbocycles. The molecular formula is C22H16FN3O3S. The summed E-state index contributed by atoms with van der Waals surface area (Å²) in [7, 11) is 0. The summed E-state index contributed by atoms with van der Waals surface area (Å²) < 4.78 is 20.7. The minimum absolute atomic E-state index is 0.0853. The third kappa shape index (κ3) is 2.68. The van der Waals surface area contributed by atoms with E-state index in [0.717, 1.165) is 12.0 Å². The molecule has 0 saturated heterocycles. The molecule has 0 saturated carbocycles. The fourth-order valence-electron chi connectivity index (χ4n) is 3.81. The molecule has 1 aliphatic rings. The van der Waals surface area contributed by atoms with E-state index in [1.165, 1.54) is 22.3 Å². The predicted octanol–water partition coefficient (Wildman–Crippen LogP) is 4.40. The molecular weight excluding hydrogens is 405 g/mol. The molecule has 0 N–H and O–H groups in total. The number of halogens is 1. The zero-order valence-electron chi connectivity index (χ0n) is 16.2. The van der Waals surface area contributed by atoms with Gasteiger partial charge in [-0.15, -0.1) is 10.2 Å². The number of carbonyl (C=O) groups is 1. The first-order chi connectivity index (χ1) is 14.5. The van der Waals surface area contributed by atoms with Crippen LogP contribution in [0.3, 0.4) is 0 Å². The van der Waals surface area contributed by atoms with Gasteiger partial charge in [0.1, 0.15) is 22.4 Å². The van der Waals surface area contributed by atoms with E-state index < -0.39 is 17.8 Å². The maximum atomic E-state index is 14.8. The minimum Gasteiger partial charge on any atom is -0.450 e. The summed E-state index contributed by atoms with van der Waals surface area (Å²) in [5, 5.41) is 9.36. The standard InChI is InChI=1S/C22H16FN3O3S/c1-3-12-8-9-16-14(10-12)19(27)17-18(13-6-4-5-7-15(13)23)26(21(28)20(17)29-16)22-25-24-11(2)30-22/h4-10,18H,3H2,1-2H3. The number of hydrogen-bond donors (Lipinski definition) is 0. The number of nitrogens with zero attached hydrogens (tertiary/aromatic N) is 3. The molecule has 5 rings (SSSR count). The molecule has 4 aromatic rings. The lowest BCUT2D eigenvalue weighted by atomic mass is 9.97. The number of carbonyl (C=O) groups excluding carboxylic acids is 1. The predicted molar refractivity (Wildman–Crippen MR) is 112 cm³/mol. The summed E-state index contributed by atoms with van der Waals surface area (Å²) in [5.41, 5.74) is 1.28. The van der Waals surface area contributed by atoms with Crippen molar-refractivity contribution in [3.8, 4) is 0 Å². The number of benzene rings is 2. The molecule has 0 bridgehead atoms. The number of amides is 1. The normalized spacial score (nSPS) is 15.8. The van der Waals surface area contributed by atoms with E-state index in [1.807, 2.05) is 13.0 Å².